The number of aryl methyl sites for hydroxylation is 1. The standard InChI is InChI=1S/C11H14FNO/c12-5-6-14-9-2-3-10-8(7-9)1-4-11(10)13/h2-3,7,11H,1,4-6,13H2/t11-/m1/s1. The van der Waals surface area contributed by atoms with Crippen molar-refractivity contribution < 1.29 is 9.13 Å². The Balaban J connectivity index is 2.15. The van der Waals surface area contributed by atoms with Gasteiger partial charge in [-0.15, -0.1) is 0 Å². The van der Waals surface area contributed by atoms with Gasteiger partial charge in [-0.1, -0.05) is 6.07 Å². The van der Waals surface area contributed by atoms with E-state index in [2.05, 4.69) is 0 Å². The monoisotopic (exact) mass is 195 g/mol. The van der Waals surface area contributed by atoms with Gasteiger partial charge in [-0.2, -0.15) is 0 Å². The number of nitrogens with two attached hydrogens (primary N) is 1. The van der Waals surface area contributed by atoms with E-state index < -0.39 is 6.67 Å². The molecule has 0 fully saturated rings. The molecule has 1 atom stereocenters. The van der Waals surface area contributed by atoms with Crippen molar-refractivity contribution in [1.29, 1.82) is 0 Å². The third-order valence-corrected chi connectivity index (χ3v) is 2.58. The molecule has 0 bridgehead atoms. The van der Waals surface area contributed by atoms with E-state index in [-0.39, 0.29) is 12.6 Å². The highest BCUT2D eigenvalue weighted by Crippen LogP contribution is 2.31. The van der Waals surface area contributed by atoms with E-state index in [0.29, 0.717) is 0 Å². The Labute approximate surface area is 82.9 Å². The van der Waals surface area contributed by atoms with Gasteiger partial charge in [0.2, 0.25) is 0 Å². The summed E-state index contributed by atoms with van der Waals surface area (Å²) < 4.78 is 17.1. The second kappa shape index (κ2) is 3.96. The molecule has 2 N–H and O–H groups in total. The molecule has 2 rings (SSSR count). The average Bonchev–Trinajstić information content (AvgIpc) is 2.57. The SMILES string of the molecule is N[C@@H]1CCc2cc(OCCF)ccc21. The molecule has 2 nitrogen and oxygen atoms in total. The first-order valence-corrected chi connectivity index (χ1v) is 4.88. The molecule has 0 aliphatic heterocycles. The molecule has 14 heavy (non-hydrogen) atoms. The van der Waals surface area contributed by atoms with E-state index in [0.717, 1.165) is 18.6 Å². The van der Waals surface area contributed by atoms with E-state index in [1.165, 1.54) is 11.1 Å². The molecule has 1 aromatic carbocycles. The summed E-state index contributed by atoms with van der Waals surface area (Å²) in [6.45, 7) is -0.318. The van der Waals surface area contributed by atoms with Crippen LogP contribution in [0.15, 0.2) is 18.2 Å². The van der Waals surface area contributed by atoms with Gasteiger partial charge in [0, 0.05) is 6.04 Å². The van der Waals surface area contributed by atoms with Crippen LogP contribution in [0, 0.1) is 0 Å². The number of hydrogen-bond acceptors (Lipinski definition) is 2. The Kier molecular flexibility index (Phi) is 2.68. The molecule has 0 saturated carbocycles. The van der Waals surface area contributed by atoms with Crippen LogP contribution >= 0.6 is 0 Å². The van der Waals surface area contributed by atoms with Crippen LogP contribution in [-0.4, -0.2) is 13.3 Å². The predicted molar refractivity (Wildman–Crippen MR) is 53.2 cm³/mol. The van der Waals surface area contributed by atoms with Gasteiger partial charge in [-0.05, 0) is 36.1 Å². The number of alkyl halides is 1. The van der Waals surface area contributed by atoms with E-state index in [1.54, 1.807) is 0 Å². The largest absolute Gasteiger partial charge is 0.491 e. The van der Waals surface area contributed by atoms with Crippen LogP contribution in [0.2, 0.25) is 0 Å². The summed E-state index contributed by atoms with van der Waals surface area (Å²) in [6, 6.07) is 5.98. The molecular formula is C11H14FNO. The van der Waals surface area contributed by atoms with Crippen molar-refractivity contribution >= 4 is 0 Å². The highest BCUT2D eigenvalue weighted by atomic mass is 19.1. The molecule has 0 aromatic heterocycles. The fourth-order valence-corrected chi connectivity index (χ4v) is 1.87. The van der Waals surface area contributed by atoms with Crippen molar-refractivity contribution in [2.45, 2.75) is 18.9 Å². The van der Waals surface area contributed by atoms with Crippen molar-refractivity contribution in [3.63, 3.8) is 0 Å². The topological polar surface area (TPSA) is 35.2 Å². The zero-order valence-corrected chi connectivity index (χ0v) is 8.00. The highest BCUT2D eigenvalue weighted by Gasteiger charge is 2.18. The molecule has 1 aromatic rings. The van der Waals surface area contributed by atoms with Gasteiger partial charge in [0.1, 0.15) is 19.0 Å². The Morgan fingerprint density at radius 2 is 2.36 bits per heavy atom. The van der Waals surface area contributed by atoms with Gasteiger partial charge in [0.05, 0.1) is 0 Å². The molecule has 0 radical (unpaired) electrons. The lowest BCUT2D eigenvalue weighted by atomic mass is 10.1. The van der Waals surface area contributed by atoms with E-state index in [1.807, 2.05) is 18.2 Å². The molecule has 0 spiro atoms. The Morgan fingerprint density at radius 3 is 3.14 bits per heavy atom. The van der Waals surface area contributed by atoms with E-state index in [9.17, 15) is 4.39 Å². The smallest absolute Gasteiger partial charge is 0.123 e. The van der Waals surface area contributed by atoms with Gasteiger partial charge < -0.3 is 10.5 Å². The molecule has 1 aliphatic rings. The van der Waals surface area contributed by atoms with Crippen molar-refractivity contribution in [2.75, 3.05) is 13.3 Å². The number of halogens is 1. The molecule has 0 unspecified atom stereocenters. The number of rotatable bonds is 3. The number of fused-ring (bicyclic) bond motifs is 1. The predicted octanol–water partition coefficient (Wildman–Crippen LogP) is 1.98. The lowest BCUT2D eigenvalue weighted by molar-refractivity contribution is 0.273. The van der Waals surface area contributed by atoms with Crippen LogP contribution in [-0.2, 0) is 6.42 Å². The maximum atomic E-state index is 11.9. The Bertz CT molecular complexity index is 327. The minimum atomic E-state index is -0.448. The van der Waals surface area contributed by atoms with Crippen LogP contribution in [0.4, 0.5) is 4.39 Å². The van der Waals surface area contributed by atoms with Crippen LogP contribution in [0.5, 0.6) is 5.75 Å². The first-order chi connectivity index (χ1) is 6.81. The first-order valence-electron chi connectivity index (χ1n) is 4.88. The molecule has 1 aliphatic carbocycles. The third kappa shape index (κ3) is 1.73. The van der Waals surface area contributed by atoms with E-state index in [4.69, 9.17) is 10.5 Å². The Hall–Kier alpha value is -1.09. The third-order valence-electron chi connectivity index (χ3n) is 2.58. The molecule has 3 heteroatoms. The quantitative estimate of drug-likeness (QED) is 0.800. The minimum absolute atomic E-state index is 0.130. The lowest BCUT2D eigenvalue weighted by Crippen LogP contribution is -2.05. The fraction of sp³-hybridized carbons (Fsp3) is 0.455. The summed E-state index contributed by atoms with van der Waals surface area (Å²) in [4.78, 5) is 0. The van der Waals surface area contributed by atoms with Gasteiger partial charge in [-0.25, -0.2) is 4.39 Å². The van der Waals surface area contributed by atoms with Crippen LogP contribution in [0.25, 0.3) is 0 Å². The summed E-state index contributed by atoms with van der Waals surface area (Å²) in [7, 11) is 0. The van der Waals surface area contributed by atoms with Gasteiger partial charge in [0.25, 0.3) is 0 Å². The summed E-state index contributed by atoms with van der Waals surface area (Å²) in [5.41, 5.74) is 8.35. The zero-order chi connectivity index (χ0) is 9.97. The van der Waals surface area contributed by atoms with Crippen molar-refractivity contribution in [2.24, 2.45) is 5.73 Å². The van der Waals surface area contributed by atoms with Crippen molar-refractivity contribution in [3.8, 4) is 5.75 Å². The summed E-state index contributed by atoms with van der Waals surface area (Å²) in [5.74, 6) is 0.746. The van der Waals surface area contributed by atoms with Crippen molar-refractivity contribution in [1.82, 2.24) is 0 Å². The zero-order valence-electron chi connectivity index (χ0n) is 8.00. The maximum Gasteiger partial charge on any atom is 0.123 e. The molecule has 0 heterocycles. The highest BCUT2D eigenvalue weighted by molar-refractivity contribution is 5.40. The molecule has 76 valence electrons. The second-order valence-corrected chi connectivity index (χ2v) is 3.54. The maximum absolute atomic E-state index is 11.9. The summed E-state index contributed by atoms with van der Waals surface area (Å²) in [5, 5.41) is 0. The normalized spacial score (nSPS) is 19.4. The van der Waals surface area contributed by atoms with Crippen LogP contribution in [0.1, 0.15) is 23.6 Å². The average molecular weight is 195 g/mol. The molecular weight excluding hydrogens is 181 g/mol. The van der Waals surface area contributed by atoms with Crippen LogP contribution in [0.3, 0.4) is 0 Å². The summed E-state index contributed by atoms with van der Waals surface area (Å²) >= 11 is 0. The van der Waals surface area contributed by atoms with E-state index >= 15 is 0 Å². The number of ether oxygens (including phenoxy) is 1. The summed E-state index contributed by atoms with van der Waals surface area (Å²) in [6.07, 6.45) is 2.01. The lowest BCUT2D eigenvalue weighted by Gasteiger charge is -2.07. The van der Waals surface area contributed by atoms with Crippen LogP contribution < -0.4 is 10.5 Å². The Morgan fingerprint density at radius 1 is 1.50 bits per heavy atom. The molecule has 0 amide bonds. The number of hydrogen-bond donors (Lipinski definition) is 1. The van der Waals surface area contributed by atoms with Gasteiger partial charge >= 0.3 is 0 Å². The second-order valence-electron chi connectivity index (χ2n) is 3.54. The van der Waals surface area contributed by atoms with Gasteiger partial charge in [0.15, 0.2) is 0 Å². The van der Waals surface area contributed by atoms with Gasteiger partial charge in [-0.3, -0.25) is 0 Å². The number of benzene rings is 1. The minimum Gasteiger partial charge on any atom is -0.491 e. The molecule has 0 saturated heterocycles. The van der Waals surface area contributed by atoms with Crippen molar-refractivity contribution in [3.05, 3.63) is 29.3 Å². The fourth-order valence-electron chi connectivity index (χ4n) is 1.87. The first kappa shape index (κ1) is 9.46.